The number of aromatic nitrogens is 3. The molecule has 30 heavy (non-hydrogen) atoms. The summed E-state index contributed by atoms with van der Waals surface area (Å²) in [6.07, 6.45) is 1.68. The molecule has 0 spiro atoms. The van der Waals surface area contributed by atoms with Crippen molar-refractivity contribution < 1.29 is 18.7 Å². The number of hydrogen-bond acceptors (Lipinski definition) is 4. The molecular weight excluding hydrogens is 387 g/mol. The molecule has 2 N–H and O–H groups in total. The average Bonchev–Trinajstić information content (AvgIpc) is 3.22. The molecule has 0 radical (unpaired) electrons. The third kappa shape index (κ3) is 3.98. The van der Waals surface area contributed by atoms with E-state index in [1.165, 1.54) is 12.1 Å². The Morgan fingerprint density at radius 2 is 1.90 bits per heavy atom. The van der Waals surface area contributed by atoms with Crippen molar-refractivity contribution in [3.63, 3.8) is 0 Å². The van der Waals surface area contributed by atoms with Gasteiger partial charge >= 0.3 is 5.97 Å². The number of nitrogens with one attached hydrogen (secondary N) is 2. The molecule has 1 amide bonds. The Labute approximate surface area is 174 Å². The first-order valence-electron chi connectivity index (χ1n) is 9.72. The Kier molecular flexibility index (Phi) is 6.05. The Hall–Kier alpha value is -3.42. The van der Waals surface area contributed by atoms with E-state index >= 15 is 0 Å². The molecule has 3 aromatic rings. The van der Waals surface area contributed by atoms with Gasteiger partial charge in [0.1, 0.15) is 11.5 Å². The molecule has 0 bridgehead atoms. The van der Waals surface area contributed by atoms with Crippen molar-refractivity contribution in [2.75, 3.05) is 6.61 Å². The normalized spacial score (nSPS) is 11.9. The van der Waals surface area contributed by atoms with Crippen LogP contribution in [0, 0.1) is 26.6 Å². The summed E-state index contributed by atoms with van der Waals surface area (Å²) in [5.41, 5.74) is 4.24. The van der Waals surface area contributed by atoms with Crippen LogP contribution in [0.5, 0.6) is 0 Å². The fraction of sp³-hybridized carbons (Fsp3) is 0.318. The highest BCUT2D eigenvalue weighted by Gasteiger charge is 2.24. The zero-order chi connectivity index (χ0) is 22.0. The molecule has 3 rings (SSSR count). The Bertz CT molecular complexity index is 1080. The predicted octanol–water partition coefficient (Wildman–Crippen LogP) is 3.93. The summed E-state index contributed by atoms with van der Waals surface area (Å²) >= 11 is 0. The van der Waals surface area contributed by atoms with Gasteiger partial charge < -0.3 is 15.0 Å². The van der Waals surface area contributed by atoms with Crippen molar-refractivity contribution in [1.82, 2.24) is 20.1 Å². The minimum Gasteiger partial charge on any atom is -0.462 e. The van der Waals surface area contributed by atoms with E-state index in [0.29, 0.717) is 22.5 Å². The van der Waals surface area contributed by atoms with Gasteiger partial charge in [-0.05, 0) is 64.4 Å². The van der Waals surface area contributed by atoms with Crippen LogP contribution in [0.25, 0.3) is 5.69 Å². The van der Waals surface area contributed by atoms with Gasteiger partial charge in [0, 0.05) is 17.0 Å². The van der Waals surface area contributed by atoms with Crippen LogP contribution in [0.3, 0.4) is 0 Å². The van der Waals surface area contributed by atoms with Crippen LogP contribution in [0.4, 0.5) is 4.39 Å². The third-order valence-corrected chi connectivity index (χ3v) is 5.08. The lowest BCUT2D eigenvalue weighted by atomic mass is 10.1. The van der Waals surface area contributed by atoms with Crippen molar-refractivity contribution in [2.45, 2.75) is 40.7 Å². The molecule has 0 aliphatic rings. The molecule has 0 fully saturated rings. The van der Waals surface area contributed by atoms with Gasteiger partial charge in [0.25, 0.3) is 5.91 Å². The molecule has 1 aromatic carbocycles. The van der Waals surface area contributed by atoms with E-state index in [1.807, 2.05) is 13.8 Å². The average molecular weight is 412 g/mol. The highest BCUT2D eigenvalue weighted by atomic mass is 19.1. The Morgan fingerprint density at radius 1 is 1.23 bits per heavy atom. The number of rotatable bonds is 6. The summed E-state index contributed by atoms with van der Waals surface area (Å²) < 4.78 is 20.0. The molecule has 8 heteroatoms. The van der Waals surface area contributed by atoms with Crippen LogP contribution in [-0.2, 0) is 4.74 Å². The third-order valence-electron chi connectivity index (χ3n) is 5.08. The fourth-order valence-electron chi connectivity index (χ4n) is 3.52. The maximum absolute atomic E-state index is 13.2. The number of benzene rings is 1. The van der Waals surface area contributed by atoms with Gasteiger partial charge in [-0.15, -0.1) is 0 Å². The Morgan fingerprint density at radius 3 is 2.53 bits per heavy atom. The van der Waals surface area contributed by atoms with Crippen molar-refractivity contribution in [2.24, 2.45) is 0 Å². The zero-order valence-corrected chi connectivity index (χ0v) is 17.7. The number of aryl methyl sites for hydroxylation is 1. The predicted molar refractivity (Wildman–Crippen MR) is 110 cm³/mol. The summed E-state index contributed by atoms with van der Waals surface area (Å²) in [6, 6.07) is 5.70. The van der Waals surface area contributed by atoms with Crippen molar-refractivity contribution in [3.05, 3.63) is 70.1 Å². The molecule has 0 aliphatic heterocycles. The quantitative estimate of drug-likeness (QED) is 0.601. The number of halogens is 1. The van der Waals surface area contributed by atoms with E-state index in [4.69, 9.17) is 4.74 Å². The second kappa shape index (κ2) is 8.52. The van der Waals surface area contributed by atoms with Crippen LogP contribution in [0.15, 0.2) is 30.5 Å². The maximum atomic E-state index is 13.2. The minimum atomic E-state index is -0.452. The van der Waals surface area contributed by atoms with Gasteiger partial charge in [0.15, 0.2) is 0 Å². The topological polar surface area (TPSA) is 89.0 Å². The fourth-order valence-corrected chi connectivity index (χ4v) is 3.52. The highest BCUT2D eigenvalue weighted by molar-refractivity contribution is 6.00. The number of aromatic amines is 1. The standard InChI is InChI=1S/C22H25FN4O3/c1-6-30-22(29)19-12(2)20(25-14(19)4)21(28)26-13(3)18-11-24-27(15(18)5)17-9-7-16(23)8-10-17/h7-11,13,25H,6H2,1-5H3,(H,26,28). The second-order valence-corrected chi connectivity index (χ2v) is 7.11. The molecule has 0 saturated heterocycles. The van der Waals surface area contributed by atoms with E-state index < -0.39 is 5.97 Å². The van der Waals surface area contributed by atoms with Gasteiger partial charge in [-0.3, -0.25) is 4.79 Å². The van der Waals surface area contributed by atoms with Gasteiger partial charge in [-0.2, -0.15) is 5.10 Å². The smallest absolute Gasteiger partial charge is 0.340 e. The summed E-state index contributed by atoms with van der Waals surface area (Å²) in [5.74, 6) is -1.09. The molecule has 1 unspecified atom stereocenters. The number of esters is 1. The number of carbonyl (C=O) groups is 2. The van der Waals surface area contributed by atoms with Gasteiger partial charge in [-0.1, -0.05) is 0 Å². The highest BCUT2D eigenvalue weighted by Crippen LogP contribution is 2.23. The van der Waals surface area contributed by atoms with Crippen LogP contribution < -0.4 is 5.32 Å². The zero-order valence-electron chi connectivity index (χ0n) is 17.7. The molecule has 2 aromatic heterocycles. The molecular formula is C22H25FN4O3. The van der Waals surface area contributed by atoms with Crippen LogP contribution >= 0.6 is 0 Å². The first kappa shape index (κ1) is 21.3. The molecule has 0 aliphatic carbocycles. The number of hydrogen-bond donors (Lipinski definition) is 2. The largest absolute Gasteiger partial charge is 0.462 e. The summed E-state index contributed by atoms with van der Waals surface area (Å²) in [5, 5.41) is 7.31. The molecule has 158 valence electrons. The summed E-state index contributed by atoms with van der Waals surface area (Å²) in [7, 11) is 0. The lowest BCUT2D eigenvalue weighted by Gasteiger charge is -2.14. The van der Waals surface area contributed by atoms with Crippen molar-refractivity contribution >= 4 is 11.9 Å². The molecule has 7 nitrogen and oxygen atoms in total. The van der Waals surface area contributed by atoms with Crippen molar-refractivity contribution in [3.8, 4) is 5.69 Å². The number of H-pyrrole nitrogens is 1. The SMILES string of the molecule is CCOC(=O)c1c(C)[nH]c(C(=O)NC(C)c2cnn(-c3ccc(F)cc3)c2C)c1C. The monoisotopic (exact) mass is 412 g/mol. The molecule has 0 saturated carbocycles. The van der Waals surface area contributed by atoms with Crippen LogP contribution in [0.2, 0.25) is 0 Å². The van der Waals surface area contributed by atoms with Crippen LogP contribution in [0.1, 0.15) is 63.3 Å². The Balaban J connectivity index is 1.81. The molecule has 1 atom stereocenters. The number of nitrogens with zero attached hydrogens (tertiary/aromatic N) is 2. The first-order chi connectivity index (χ1) is 14.2. The van der Waals surface area contributed by atoms with Crippen molar-refractivity contribution in [1.29, 1.82) is 0 Å². The second-order valence-electron chi connectivity index (χ2n) is 7.11. The number of amides is 1. The number of carbonyl (C=O) groups excluding carboxylic acids is 2. The van der Waals surface area contributed by atoms with E-state index in [1.54, 1.807) is 43.8 Å². The number of ether oxygens (including phenoxy) is 1. The van der Waals surface area contributed by atoms with Gasteiger partial charge in [0.2, 0.25) is 0 Å². The van der Waals surface area contributed by atoms with Crippen LogP contribution in [-0.4, -0.2) is 33.2 Å². The van der Waals surface area contributed by atoms with E-state index in [-0.39, 0.29) is 24.4 Å². The lowest BCUT2D eigenvalue weighted by Crippen LogP contribution is -2.28. The summed E-state index contributed by atoms with van der Waals surface area (Å²) in [6.45, 7) is 9.19. The first-order valence-corrected chi connectivity index (χ1v) is 9.72. The van der Waals surface area contributed by atoms with Gasteiger partial charge in [-0.25, -0.2) is 13.9 Å². The van der Waals surface area contributed by atoms with E-state index in [9.17, 15) is 14.0 Å². The van der Waals surface area contributed by atoms with E-state index in [0.717, 1.165) is 16.9 Å². The maximum Gasteiger partial charge on any atom is 0.340 e. The molecule has 2 heterocycles. The van der Waals surface area contributed by atoms with Gasteiger partial charge in [0.05, 0.1) is 30.1 Å². The minimum absolute atomic E-state index is 0.263. The lowest BCUT2D eigenvalue weighted by molar-refractivity contribution is 0.0525. The summed E-state index contributed by atoms with van der Waals surface area (Å²) in [4.78, 5) is 28.0. The van der Waals surface area contributed by atoms with E-state index in [2.05, 4.69) is 15.4 Å².